The van der Waals surface area contributed by atoms with Gasteiger partial charge in [0.05, 0.1) is 16.6 Å². The van der Waals surface area contributed by atoms with E-state index in [4.69, 9.17) is 0 Å². The van der Waals surface area contributed by atoms with Gasteiger partial charge in [0.2, 0.25) is 5.91 Å². The van der Waals surface area contributed by atoms with Gasteiger partial charge in [-0.2, -0.15) is 0 Å². The lowest BCUT2D eigenvalue weighted by Gasteiger charge is -2.52. The van der Waals surface area contributed by atoms with Gasteiger partial charge in [0.25, 0.3) is 5.69 Å². The van der Waals surface area contributed by atoms with Crippen LogP contribution in [-0.4, -0.2) is 38.1 Å². The zero-order valence-electron chi connectivity index (χ0n) is 13.6. The number of hydrogen-bond acceptors (Lipinski definition) is 5. The fraction of sp³-hybridized carbons (Fsp3) is 0.588. The minimum absolute atomic E-state index is 0.0772. The van der Waals surface area contributed by atoms with Gasteiger partial charge in [0, 0.05) is 37.1 Å². The number of rotatable bonds is 2. The van der Waals surface area contributed by atoms with Crippen molar-refractivity contribution in [3.05, 3.63) is 33.9 Å². The predicted octanol–water partition coefficient (Wildman–Crippen LogP) is 2.52. The molecule has 1 heterocycles. The standard InChI is InChI=1S/C17H22N2O5/c1-11(20)18-9-8-17(22)7-3-2-4-14(17)16(18)13-10-12(19(23)24)5-6-15(13)21/h5-6,10,14,16,21-22H,2-4,7-9H2,1H3/t14-,16+,17-/m1/s1. The van der Waals surface area contributed by atoms with Crippen LogP contribution in [0.15, 0.2) is 18.2 Å². The Bertz CT molecular complexity index is 677. The average Bonchev–Trinajstić information content (AvgIpc) is 2.53. The second-order valence-electron chi connectivity index (χ2n) is 6.86. The Hall–Kier alpha value is -2.15. The predicted molar refractivity (Wildman–Crippen MR) is 86.4 cm³/mol. The summed E-state index contributed by atoms with van der Waals surface area (Å²) in [6.45, 7) is 1.84. The molecule has 3 atom stereocenters. The molecule has 1 saturated carbocycles. The number of fused-ring (bicyclic) bond motifs is 1. The van der Waals surface area contributed by atoms with E-state index in [0.717, 1.165) is 19.3 Å². The van der Waals surface area contributed by atoms with E-state index < -0.39 is 16.6 Å². The van der Waals surface area contributed by atoms with Gasteiger partial charge in [-0.3, -0.25) is 14.9 Å². The van der Waals surface area contributed by atoms with Gasteiger partial charge in [-0.1, -0.05) is 12.8 Å². The fourth-order valence-corrected chi connectivity index (χ4v) is 4.31. The van der Waals surface area contributed by atoms with Gasteiger partial charge in [0.15, 0.2) is 0 Å². The van der Waals surface area contributed by atoms with Crippen molar-refractivity contribution in [2.24, 2.45) is 5.92 Å². The molecular weight excluding hydrogens is 312 g/mol. The molecule has 2 fully saturated rings. The average molecular weight is 334 g/mol. The molecule has 130 valence electrons. The van der Waals surface area contributed by atoms with Crippen molar-refractivity contribution in [3.63, 3.8) is 0 Å². The first-order chi connectivity index (χ1) is 11.3. The number of nitrogens with zero attached hydrogens (tertiary/aromatic N) is 2. The summed E-state index contributed by atoms with van der Waals surface area (Å²) in [7, 11) is 0. The number of likely N-dealkylation sites (tertiary alicyclic amines) is 1. The molecule has 1 saturated heterocycles. The molecule has 1 amide bonds. The molecule has 2 aliphatic rings. The topological polar surface area (TPSA) is 104 Å². The van der Waals surface area contributed by atoms with Crippen molar-refractivity contribution in [2.75, 3.05) is 6.54 Å². The summed E-state index contributed by atoms with van der Waals surface area (Å²) in [5, 5.41) is 32.4. The van der Waals surface area contributed by atoms with Crippen LogP contribution in [0.3, 0.4) is 0 Å². The number of benzene rings is 1. The largest absolute Gasteiger partial charge is 0.508 e. The summed E-state index contributed by atoms with van der Waals surface area (Å²) in [6, 6.07) is 3.33. The summed E-state index contributed by atoms with van der Waals surface area (Å²) < 4.78 is 0. The fourth-order valence-electron chi connectivity index (χ4n) is 4.31. The molecule has 0 spiro atoms. The van der Waals surface area contributed by atoms with E-state index in [9.17, 15) is 25.1 Å². The van der Waals surface area contributed by atoms with E-state index in [1.54, 1.807) is 4.90 Å². The third-order valence-corrected chi connectivity index (χ3v) is 5.51. The number of carbonyl (C=O) groups is 1. The minimum Gasteiger partial charge on any atom is -0.508 e. The smallest absolute Gasteiger partial charge is 0.270 e. The Morgan fingerprint density at radius 3 is 2.79 bits per heavy atom. The van der Waals surface area contributed by atoms with E-state index >= 15 is 0 Å². The molecule has 2 N–H and O–H groups in total. The highest BCUT2D eigenvalue weighted by molar-refractivity contribution is 5.74. The maximum absolute atomic E-state index is 12.1. The van der Waals surface area contributed by atoms with Crippen molar-refractivity contribution < 1.29 is 19.9 Å². The quantitative estimate of drug-likeness (QED) is 0.639. The molecule has 7 nitrogen and oxygen atoms in total. The molecule has 24 heavy (non-hydrogen) atoms. The highest BCUT2D eigenvalue weighted by Gasteiger charge is 2.50. The molecule has 1 aromatic carbocycles. The molecule has 1 aliphatic heterocycles. The summed E-state index contributed by atoms with van der Waals surface area (Å²) >= 11 is 0. The van der Waals surface area contributed by atoms with E-state index in [1.165, 1.54) is 25.1 Å². The summed E-state index contributed by atoms with van der Waals surface area (Å²) in [6.07, 6.45) is 3.76. The van der Waals surface area contributed by atoms with Crippen molar-refractivity contribution in [1.82, 2.24) is 4.90 Å². The molecule has 0 unspecified atom stereocenters. The van der Waals surface area contributed by atoms with Crippen LogP contribution in [0.5, 0.6) is 5.75 Å². The van der Waals surface area contributed by atoms with Crippen LogP contribution in [0.25, 0.3) is 0 Å². The monoisotopic (exact) mass is 334 g/mol. The van der Waals surface area contributed by atoms with Crippen LogP contribution >= 0.6 is 0 Å². The molecule has 7 heteroatoms. The number of nitro groups is 1. The number of piperidine rings is 1. The van der Waals surface area contributed by atoms with Gasteiger partial charge in [-0.25, -0.2) is 0 Å². The number of nitro benzene ring substituents is 1. The zero-order valence-corrected chi connectivity index (χ0v) is 13.6. The third-order valence-electron chi connectivity index (χ3n) is 5.51. The lowest BCUT2D eigenvalue weighted by Crippen LogP contribution is -2.55. The molecule has 3 rings (SSSR count). The first-order valence-electron chi connectivity index (χ1n) is 8.30. The molecule has 1 aliphatic carbocycles. The Morgan fingerprint density at radius 2 is 2.12 bits per heavy atom. The van der Waals surface area contributed by atoms with Gasteiger partial charge in [-0.15, -0.1) is 0 Å². The normalized spacial score (nSPS) is 29.8. The van der Waals surface area contributed by atoms with Crippen LogP contribution in [0.4, 0.5) is 5.69 Å². The van der Waals surface area contributed by atoms with E-state index in [0.29, 0.717) is 24.9 Å². The Labute approximate surface area is 140 Å². The number of hydrogen-bond donors (Lipinski definition) is 2. The lowest BCUT2D eigenvalue weighted by atomic mass is 9.66. The maximum atomic E-state index is 12.1. The van der Waals surface area contributed by atoms with Crippen molar-refractivity contribution in [1.29, 1.82) is 0 Å². The first-order valence-corrected chi connectivity index (χ1v) is 8.30. The molecule has 0 radical (unpaired) electrons. The molecule has 1 aromatic rings. The lowest BCUT2D eigenvalue weighted by molar-refractivity contribution is -0.385. The number of aromatic hydroxyl groups is 1. The summed E-state index contributed by atoms with van der Waals surface area (Å²) in [5.74, 6) is -0.456. The SMILES string of the molecule is CC(=O)N1CC[C@]2(O)CCCC[C@@H]2[C@@H]1c1cc([N+](=O)[O-])ccc1O. The molecular formula is C17H22N2O5. The highest BCUT2D eigenvalue weighted by atomic mass is 16.6. The van der Waals surface area contributed by atoms with Crippen LogP contribution in [0, 0.1) is 16.0 Å². The van der Waals surface area contributed by atoms with Crippen LogP contribution in [-0.2, 0) is 4.79 Å². The third kappa shape index (κ3) is 2.73. The maximum Gasteiger partial charge on any atom is 0.270 e. The number of phenolic OH excluding ortho intramolecular Hbond substituents is 1. The Balaban J connectivity index is 2.10. The Morgan fingerprint density at radius 1 is 1.38 bits per heavy atom. The number of amides is 1. The van der Waals surface area contributed by atoms with Crippen molar-refractivity contribution in [2.45, 2.75) is 50.7 Å². The van der Waals surface area contributed by atoms with Gasteiger partial charge in [0.1, 0.15) is 5.75 Å². The molecule has 0 aromatic heterocycles. The highest BCUT2D eigenvalue weighted by Crippen LogP contribution is 2.51. The van der Waals surface area contributed by atoms with Gasteiger partial charge >= 0.3 is 0 Å². The Kier molecular flexibility index (Phi) is 4.21. The van der Waals surface area contributed by atoms with E-state index in [1.807, 2.05) is 0 Å². The van der Waals surface area contributed by atoms with E-state index in [2.05, 4.69) is 0 Å². The number of phenols is 1. The van der Waals surface area contributed by atoms with Crippen LogP contribution in [0.2, 0.25) is 0 Å². The zero-order chi connectivity index (χ0) is 17.5. The number of non-ortho nitro benzene ring substituents is 1. The number of aliphatic hydroxyl groups is 1. The number of carbonyl (C=O) groups excluding carboxylic acids is 1. The van der Waals surface area contributed by atoms with Crippen LogP contribution < -0.4 is 0 Å². The second-order valence-corrected chi connectivity index (χ2v) is 6.86. The van der Waals surface area contributed by atoms with Gasteiger partial charge < -0.3 is 15.1 Å². The van der Waals surface area contributed by atoms with Gasteiger partial charge in [-0.05, 0) is 25.3 Å². The minimum atomic E-state index is -0.883. The first kappa shape index (κ1) is 16.7. The van der Waals surface area contributed by atoms with Crippen molar-refractivity contribution >= 4 is 11.6 Å². The second kappa shape index (κ2) is 6.05. The van der Waals surface area contributed by atoms with Crippen LogP contribution in [0.1, 0.15) is 50.6 Å². The molecule has 0 bridgehead atoms. The van der Waals surface area contributed by atoms with E-state index in [-0.39, 0.29) is 23.3 Å². The van der Waals surface area contributed by atoms with Crippen molar-refractivity contribution in [3.8, 4) is 5.75 Å². The summed E-state index contributed by atoms with van der Waals surface area (Å²) in [4.78, 5) is 24.3. The summed E-state index contributed by atoms with van der Waals surface area (Å²) in [5.41, 5.74) is -0.660.